The van der Waals surface area contributed by atoms with Crippen LogP contribution in [0.1, 0.15) is 12.8 Å². The number of unbranched alkanes of at least 4 members (excludes halogenated alkanes) is 1. The molecule has 4 nitrogen and oxygen atoms in total. The second-order valence-electron chi connectivity index (χ2n) is 4.71. The Morgan fingerprint density at radius 2 is 1.90 bits per heavy atom. The molecule has 1 heterocycles. The Hall–Kier alpha value is -0.630. The van der Waals surface area contributed by atoms with Gasteiger partial charge in [-0.05, 0) is 25.0 Å². The van der Waals surface area contributed by atoms with Crippen LogP contribution < -0.4 is 10.5 Å². The maximum atomic E-state index is 5.99. The van der Waals surface area contributed by atoms with Crippen molar-refractivity contribution in [3.05, 3.63) is 30.3 Å². The van der Waals surface area contributed by atoms with E-state index in [1.54, 1.807) is 0 Å². The molecule has 2 N–H and O–H groups in total. The summed E-state index contributed by atoms with van der Waals surface area (Å²) in [5.41, 5.74) is 5.99. The van der Waals surface area contributed by atoms with Gasteiger partial charge in [0.1, 0.15) is 5.75 Å². The van der Waals surface area contributed by atoms with E-state index in [1.165, 1.54) is 0 Å². The Bertz CT molecular complexity index is 411. The Morgan fingerprint density at radius 1 is 1.19 bits per heavy atom. The summed E-state index contributed by atoms with van der Waals surface area (Å²) in [6.45, 7) is 3.57. The highest BCUT2D eigenvalue weighted by Crippen LogP contribution is 2.09. The van der Waals surface area contributed by atoms with Crippen molar-refractivity contribution in [3.63, 3.8) is 0 Å². The molecular weight excluding hydrogens is 397 g/mol. The fourth-order valence-corrected chi connectivity index (χ4v) is 2.91. The number of nitrogens with zero attached hydrogens (tertiary/aromatic N) is 2. The summed E-state index contributed by atoms with van der Waals surface area (Å²) in [7, 11) is 0. The molecule has 2 rings (SSSR count). The van der Waals surface area contributed by atoms with E-state index in [4.69, 9.17) is 10.5 Å². The van der Waals surface area contributed by atoms with E-state index < -0.39 is 0 Å². The van der Waals surface area contributed by atoms with Gasteiger partial charge in [-0.2, -0.15) is 11.8 Å². The van der Waals surface area contributed by atoms with Crippen LogP contribution in [0.25, 0.3) is 0 Å². The fourth-order valence-electron chi connectivity index (χ4n) is 2.01. The van der Waals surface area contributed by atoms with Gasteiger partial charge in [0.05, 0.1) is 6.61 Å². The Morgan fingerprint density at radius 3 is 2.62 bits per heavy atom. The summed E-state index contributed by atoms with van der Waals surface area (Å²) in [6.07, 6.45) is 2.01. The summed E-state index contributed by atoms with van der Waals surface area (Å²) < 4.78 is 5.64. The number of nitrogens with two attached hydrogens (primary N) is 1. The number of rotatable bonds is 6. The maximum absolute atomic E-state index is 5.99. The number of hydrogen-bond donors (Lipinski definition) is 1. The molecule has 1 aliphatic heterocycles. The number of aliphatic imine (C=N–C) groups is 1. The molecule has 1 fully saturated rings. The van der Waals surface area contributed by atoms with Gasteiger partial charge in [-0.1, -0.05) is 18.2 Å². The lowest BCUT2D eigenvalue weighted by atomic mass is 10.3. The summed E-state index contributed by atoms with van der Waals surface area (Å²) >= 11 is 1.98. The van der Waals surface area contributed by atoms with Crippen molar-refractivity contribution in [2.24, 2.45) is 10.7 Å². The SMILES string of the molecule is I.NC(=NCCCCOc1ccccc1)N1CCSCC1. The molecule has 0 radical (unpaired) electrons. The molecule has 0 atom stereocenters. The lowest BCUT2D eigenvalue weighted by Crippen LogP contribution is -2.42. The Balaban J connectivity index is 0.00000220. The summed E-state index contributed by atoms with van der Waals surface area (Å²) in [5, 5.41) is 0. The zero-order chi connectivity index (χ0) is 14.0. The minimum Gasteiger partial charge on any atom is -0.494 e. The van der Waals surface area contributed by atoms with Crippen molar-refractivity contribution in [2.45, 2.75) is 12.8 Å². The van der Waals surface area contributed by atoms with E-state index in [9.17, 15) is 0 Å². The smallest absolute Gasteiger partial charge is 0.191 e. The third kappa shape index (κ3) is 7.26. The first-order chi connectivity index (χ1) is 9.86. The van der Waals surface area contributed by atoms with Gasteiger partial charge < -0.3 is 15.4 Å². The van der Waals surface area contributed by atoms with E-state index in [0.29, 0.717) is 5.96 Å². The summed E-state index contributed by atoms with van der Waals surface area (Å²) in [4.78, 5) is 6.63. The van der Waals surface area contributed by atoms with Crippen LogP contribution in [0.3, 0.4) is 0 Å². The molecule has 0 spiro atoms. The van der Waals surface area contributed by atoms with Crippen LogP contribution in [0.2, 0.25) is 0 Å². The molecule has 0 aromatic heterocycles. The van der Waals surface area contributed by atoms with E-state index in [2.05, 4.69) is 9.89 Å². The first kappa shape index (κ1) is 18.4. The zero-order valence-corrected chi connectivity index (χ0v) is 15.4. The van der Waals surface area contributed by atoms with Crippen molar-refractivity contribution in [3.8, 4) is 5.75 Å². The molecule has 118 valence electrons. The molecule has 6 heteroatoms. The molecular formula is C15H24IN3OS. The van der Waals surface area contributed by atoms with Gasteiger partial charge in [0, 0.05) is 31.1 Å². The predicted molar refractivity (Wildman–Crippen MR) is 102 cm³/mol. The van der Waals surface area contributed by atoms with Crippen molar-refractivity contribution in [2.75, 3.05) is 37.7 Å². The molecule has 1 aromatic carbocycles. The summed E-state index contributed by atoms with van der Waals surface area (Å²) in [6, 6.07) is 9.91. The normalized spacial score (nSPS) is 15.4. The van der Waals surface area contributed by atoms with Crippen molar-refractivity contribution in [1.82, 2.24) is 4.90 Å². The highest BCUT2D eigenvalue weighted by atomic mass is 127. The van der Waals surface area contributed by atoms with Crippen LogP contribution in [0.15, 0.2) is 35.3 Å². The maximum Gasteiger partial charge on any atom is 0.191 e. The fraction of sp³-hybridized carbons (Fsp3) is 0.533. The quantitative estimate of drug-likeness (QED) is 0.332. The first-order valence-corrected chi connectivity index (χ1v) is 8.32. The van der Waals surface area contributed by atoms with Crippen LogP contribution in [-0.4, -0.2) is 48.6 Å². The molecule has 0 amide bonds. The van der Waals surface area contributed by atoms with Gasteiger partial charge >= 0.3 is 0 Å². The second-order valence-corrected chi connectivity index (χ2v) is 5.93. The number of para-hydroxylation sites is 1. The van der Waals surface area contributed by atoms with E-state index in [1.807, 2.05) is 42.1 Å². The number of benzene rings is 1. The van der Waals surface area contributed by atoms with Crippen LogP contribution in [-0.2, 0) is 0 Å². The number of guanidine groups is 1. The second kappa shape index (κ2) is 11.0. The van der Waals surface area contributed by atoms with Gasteiger partial charge in [0.25, 0.3) is 0 Å². The highest BCUT2D eigenvalue weighted by Gasteiger charge is 2.11. The molecule has 0 unspecified atom stereocenters. The topological polar surface area (TPSA) is 50.9 Å². The van der Waals surface area contributed by atoms with Crippen LogP contribution >= 0.6 is 35.7 Å². The zero-order valence-electron chi connectivity index (χ0n) is 12.2. The minimum absolute atomic E-state index is 0. The van der Waals surface area contributed by atoms with Crippen molar-refractivity contribution in [1.29, 1.82) is 0 Å². The highest BCUT2D eigenvalue weighted by molar-refractivity contribution is 14.0. The van der Waals surface area contributed by atoms with Gasteiger partial charge in [-0.3, -0.25) is 4.99 Å². The Kier molecular flexibility index (Phi) is 9.65. The molecule has 1 saturated heterocycles. The van der Waals surface area contributed by atoms with E-state index >= 15 is 0 Å². The van der Waals surface area contributed by atoms with E-state index in [0.717, 1.165) is 56.3 Å². The average Bonchev–Trinajstić information content (AvgIpc) is 2.52. The number of thioether (sulfide) groups is 1. The van der Waals surface area contributed by atoms with Crippen LogP contribution in [0, 0.1) is 0 Å². The van der Waals surface area contributed by atoms with Gasteiger partial charge in [-0.25, -0.2) is 0 Å². The molecule has 0 saturated carbocycles. The van der Waals surface area contributed by atoms with Crippen molar-refractivity contribution < 1.29 is 4.74 Å². The molecule has 1 aromatic rings. The number of ether oxygens (including phenoxy) is 1. The third-order valence-electron chi connectivity index (χ3n) is 3.17. The number of hydrogen-bond acceptors (Lipinski definition) is 3. The molecule has 0 aliphatic carbocycles. The average molecular weight is 421 g/mol. The molecule has 1 aliphatic rings. The number of halogens is 1. The van der Waals surface area contributed by atoms with Gasteiger partial charge in [0.15, 0.2) is 5.96 Å². The largest absolute Gasteiger partial charge is 0.494 e. The van der Waals surface area contributed by atoms with E-state index in [-0.39, 0.29) is 24.0 Å². The van der Waals surface area contributed by atoms with Gasteiger partial charge in [0.2, 0.25) is 0 Å². The molecule has 0 bridgehead atoms. The molecule has 21 heavy (non-hydrogen) atoms. The lowest BCUT2D eigenvalue weighted by molar-refractivity contribution is 0.308. The van der Waals surface area contributed by atoms with Crippen LogP contribution in [0.4, 0.5) is 0 Å². The minimum atomic E-state index is 0. The predicted octanol–water partition coefficient (Wildman–Crippen LogP) is 2.83. The standard InChI is InChI=1S/C15H23N3OS.HI/c16-15(18-9-12-20-13-10-18)17-8-4-5-11-19-14-6-2-1-3-7-14;/h1-3,6-7H,4-5,8-13H2,(H2,16,17);1H. The Labute approximate surface area is 148 Å². The lowest BCUT2D eigenvalue weighted by Gasteiger charge is -2.27. The van der Waals surface area contributed by atoms with Crippen LogP contribution in [0.5, 0.6) is 5.75 Å². The summed E-state index contributed by atoms with van der Waals surface area (Å²) in [5.74, 6) is 3.94. The van der Waals surface area contributed by atoms with Gasteiger partial charge in [-0.15, -0.1) is 24.0 Å². The van der Waals surface area contributed by atoms with Crippen molar-refractivity contribution >= 4 is 41.7 Å². The monoisotopic (exact) mass is 421 g/mol. The third-order valence-corrected chi connectivity index (χ3v) is 4.12. The first-order valence-electron chi connectivity index (χ1n) is 7.17.